The van der Waals surface area contributed by atoms with Crippen molar-refractivity contribution in [3.05, 3.63) is 36.7 Å². The minimum atomic E-state index is -3.20. The third kappa shape index (κ3) is 4.25. The average molecular weight is 349 g/mol. The zero-order valence-corrected chi connectivity index (χ0v) is 14.1. The number of sulfonamides is 1. The van der Waals surface area contributed by atoms with E-state index >= 15 is 0 Å². The molecule has 0 bridgehead atoms. The highest BCUT2D eigenvalue weighted by atomic mass is 32.2. The smallest absolute Gasteiger partial charge is 0.223 e. The van der Waals surface area contributed by atoms with Crippen LogP contribution in [0.4, 0.5) is 5.95 Å². The number of anilines is 1. The molecule has 1 fully saturated rings. The van der Waals surface area contributed by atoms with E-state index in [2.05, 4.69) is 20.3 Å². The molecule has 0 aliphatic carbocycles. The normalized spacial score (nSPS) is 19.1. The van der Waals surface area contributed by atoms with Crippen LogP contribution < -0.4 is 5.32 Å². The zero-order valence-electron chi connectivity index (χ0n) is 13.3. The van der Waals surface area contributed by atoms with E-state index in [4.69, 9.17) is 4.74 Å². The molecule has 2 aromatic rings. The summed E-state index contributed by atoms with van der Waals surface area (Å²) in [5.74, 6) is 0.457. The molecule has 0 unspecified atom stereocenters. The Hall–Kier alpha value is -2.10. The number of nitrogens with one attached hydrogen (secondary N) is 1. The maximum absolute atomic E-state index is 11.6. The molecular weight excluding hydrogens is 330 g/mol. The second kappa shape index (κ2) is 7.20. The number of pyridine rings is 1. The maximum atomic E-state index is 11.6. The van der Waals surface area contributed by atoms with Crippen molar-refractivity contribution in [3.63, 3.8) is 0 Å². The number of ether oxygens (including phenoxy) is 1. The number of morpholine rings is 1. The van der Waals surface area contributed by atoms with Crippen molar-refractivity contribution in [2.24, 2.45) is 0 Å². The summed E-state index contributed by atoms with van der Waals surface area (Å²) in [6.07, 6.45) is 4.34. The van der Waals surface area contributed by atoms with Gasteiger partial charge in [0.05, 0.1) is 30.4 Å². The third-order valence-corrected chi connectivity index (χ3v) is 4.91. The minimum absolute atomic E-state index is 0.240. The summed E-state index contributed by atoms with van der Waals surface area (Å²) in [4.78, 5) is 12.9. The first-order chi connectivity index (χ1) is 11.5. The van der Waals surface area contributed by atoms with E-state index in [1.165, 1.54) is 10.6 Å². The van der Waals surface area contributed by atoms with Crippen LogP contribution in [0.15, 0.2) is 36.7 Å². The topological polar surface area (TPSA) is 97.3 Å². The summed E-state index contributed by atoms with van der Waals surface area (Å²) in [7, 11) is -3.20. The summed E-state index contributed by atoms with van der Waals surface area (Å²) in [5, 5.41) is 3.10. The molecule has 0 saturated carbocycles. The molecule has 0 radical (unpaired) electrons. The summed E-state index contributed by atoms with van der Waals surface area (Å²) in [5.41, 5.74) is 1.48. The van der Waals surface area contributed by atoms with Crippen molar-refractivity contribution >= 4 is 16.0 Å². The van der Waals surface area contributed by atoms with E-state index in [0.29, 0.717) is 32.2 Å². The molecule has 24 heavy (non-hydrogen) atoms. The van der Waals surface area contributed by atoms with Gasteiger partial charge in [0.25, 0.3) is 0 Å². The lowest BCUT2D eigenvalue weighted by molar-refractivity contribution is 0.00696. The Morgan fingerprint density at radius 3 is 2.88 bits per heavy atom. The number of hydrogen-bond acceptors (Lipinski definition) is 7. The molecule has 1 N–H and O–H groups in total. The van der Waals surface area contributed by atoms with Crippen molar-refractivity contribution < 1.29 is 13.2 Å². The van der Waals surface area contributed by atoms with E-state index in [0.717, 1.165) is 11.4 Å². The second-order valence-electron chi connectivity index (χ2n) is 5.48. The SMILES string of the molecule is CS(=O)(=O)N1CCO[C@H](CNc2nccc(-c3ccccn3)n2)C1. The Labute approximate surface area is 141 Å². The van der Waals surface area contributed by atoms with E-state index in [1.54, 1.807) is 18.5 Å². The van der Waals surface area contributed by atoms with E-state index < -0.39 is 10.0 Å². The highest BCUT2D eigenvalue weighted by molar-refractivity contribution is 7.88. The fraction of sp³-hybridized carbons (Fsp3) is 0.400. The largest absolute Gasteiger partial charge is 0.374 e. The molecule has 3 rings (SSSR count). The molecule has 128 valence electrons. The van der Waals surface area contributed by atoms with E-state index in [9.17, 15) is 8.42 Å². The highest BCUT2D eigenvalue weighted by Gasteiger charge is 2.26. The Bertz CT molecular complexity index is 785. The van der Waals surface area contributed by atoms with Crippen LogP contribution in [0.5, 0.6) is 0 Å². The first kappa shape index (κ1) is 16.7. The van der Waals surface area contributed by atoms with Crippen LogP contribution in [0.1, 0.15) is 0 Å². The first-order valence-corrected chi connectivity index (χ1v) is 9.42. The van der Waals surface area contributed by atoms with Crippen LogP contribution in [0.3, 0.4) is 0 Å². The van der Waals surface area contributed by atoms with Gasteiger partial charge in [-0.15, -0.1) is 0 Å². The molecule has 3 heterocycles. The van der Waals surface area contributed by atoms with Crippen LogP contribution in [0.25, 0.3) is 11.4 Å². The van der Waals surface area contributed by atoms with Crippen LogP contribution in [-0.2, 0) is 14.8 Å². The summed E-state index contributed by atoms with van der Waals surface area (Å²) in [6.45, 7) is 1.53. The van der Waals surface area contributed by atoms with E-state index in [1.807, 2.05) is 18.2 Å². The summed E-state index contributed by atoms with van der Waals surface area (Å²) in [6, 6.07) is 7.40. The van der Waals surface area contributed by atoms with E-state index in [-0.39, 0.29) is 6.10 Å². The molecule has 0 amide bonds. The molecule has 1 saturated heterocycles. The van der Waals surface area contributed by atoms with Gasteiger partial charge in [0.1, 0.15) is 0 Å². The van der Waals surface area contributed by atoms with Crippen LogP contribution in [0.2, 0.25) is 0 Å². The molecule has 0 spiro atoms. The lowest BCUT2D eigenvalue weighted by Gasteiger charge is -2.31. The van der Waals surface area contributed by atoms with Crippen molar-refractivity contribution in [2.45, 2.75) is 6.10 Å². The fourth-order valence-corrected chi connectivity index (χ4v) is 3.27. The minimum Gasteiger partial charge on any atom is -0.374 e. The molecule has 1 aliphatic rings. The third-order valence-electron chi connectivity index (χ3n) is 3.64. The quantitative estimate of drug-likeness (QED) is 0.844. The lowest BCUT2D eigenvalue weighted by atomic mass is 10.2. The van der Waals surface area contributed by atoms with Gasteiger partial charge in [-0.05, 0) is 18.2 Å². The molecular formula is C15H19N5O3S. The van der Waals surface area contributed by atoms with Crippen molar-refractivity contribution in [1.82, 2.24) is 19.3 Å². The predicted molar refractivity (Wildman–Crippen MR) is 89.9 cm³/mol. The van der Waals surface area contributed by atoms with Gasteiger partial charge >= 0.3 is 0 Å². The van der Waals surface area contributed by atoms with Crippen LogP contribution in [0, 0.1) is 0 Å². The van der Waals surface area contributed by atoms with Crippen molar-refractivity contribution in [3.8, 4) is 11.4 Å². The summed E-state index contributed by atoms with van der Waals surface area (Å²) < 4.78 is 30.3. The predicted octanol–water partition coefficient (Wildman–Crippen LogP) is 0.611. The van der Waals surface area contributed by atoms with Gasteiger partial charge in [-0.1, -0.05) is 6.07 Å². The molecule has 1 atom stereocenters. The van der Waals surface area contributed by atoms with Gasteiger partial charge < -0.3 is 10.1 Å². The van der Waals surface area contributed by atoms with Crippen LogP contribution in [-0.4, -0.2) is 66.3 Å². The Morgan fingerprint density at radius 1 is 1.25 bits per heavy atom. The number of nitrogens with zero attached hydrogens (tertiary/aromatic N) is 4. The molecule has 0 aromatic carbocycles. The number of aromatic nitrogens is 3. The van der Waals surface area contributed by atoms with Gasteiger partial charge in [0, 0.05) is 32.0 Å². The van der Waals surface area contributed by atoms with Gasteiger partial charge in [-0.25, -0.2) is 18.4 Å². The van der Waals surface area contributed by atoms with Crippen molar-refractivity contribution in [2.75, 3.05) is 37.8 Å². The van der Waals surface area contributed by atoms with Gasteiger partial charge in [0.15, 0.2) is 0 Å². The molecule has 2 aromatic heterocycles. The van der Waals surface area contributed by atoms with Crippen molar-refractivity contribution in [1.29, 1.82) is 0 Å². The number of hydrogen-bond donors (Lipinski definition) is 1. The van der Waals surface area contributed by atoms with Gasteiger partial charge in [0.2, 0.25) is 16.0 Å². The first-order valence-electron chi connectivity index (χ1n) is 7.57. The number of rotatable bonds is 5. The summed E-state index contributed by atoms with van der Waals surface area (Å²) >= 11 is 0. The van der Waals surface area contributed by atoms with Gasteiger partial charge in [-0.3, -0.25) is 4.98 Å². The van der Waals surface area contributed by atoms with Crippen LogP contribution >= 0.6 is 0 Å². The van der Waals surface area contributed by atoms with Gasteiger partial charge in [-0.2, -0.15) is 4.31 Å². The average Bonchev–Trinajstić information content (AvgIpc) is 2.61. The Balaban J connectivity index is 1.63. The second-order valence-corrected chi connectivity index (χ2v) is 7.46. The standard InChI is InChI=1S/C15H19N5O3S/c1-24(21,22)20-8-9-23-12(11-20)10-18-15-17-7-5-14(19-15)13-4-2-3-6-16-13/h2-7,12H,8-11H2,1H3,(H,17,18,19)/t12-/m1/s1. The lowest BCUT2D eigenvalue weighted by Crippen LogP contribution is -2.47. The Kier molecular flexibility index (Phi) is 5.03. The zero-order chi connectivity index (χ0) is 17.0. The molecule has 9 heteroatoms. The Morgan fingerprint density at radius 2 is 2.12 bits per heavy atom. The monoisotopic (exact) mass is 349 g/mol. The highest BCUT2D eigenvalue weighted by Crippen LogP contribution is 2.15. The molecule has 8 nitrogen and oxygen atoms in total. The maximum Gasteiger partial charge on any atom is 0.223 e. The molecule has 1 aliphatic heterocycles. The fourth-order valence-electron chi connectivity index (χ4n) is 2.42.